The summed E-state index contributed by atoms with van der Waals surface area (Å²) in [7, 11) is 0. The van der Waals surface area contributed by atoms with Gasteiger partial charge in [0.1, 0.15) is 0 Å². The summed E-state index contributed by atoms with van der Waals surface area (Å²) in [5.74, 6) is 1.54. The third-order valence-electron chi connectivity index (χ3n) is 2.87. The number of hydrogen-bond acceptors (Lipinski definition) is 1. The Labute approximate surface area is 86.8 Å². The largest absolute Gasteiger partial charge is 0.297 e. The zero-order valence-corrected chi connectivity index (χ0v) is 9.43. The minimum Gasteiger partial charge on any atom is -0.297 e. The molecule has 13 heavy (non-hydrogen) atoms. The molecule has 76 valence electrons. The van der Waals surface area contributed by atoms with Crippen molar-refractivity contribution in [3.63, 3.8) is 0 Å². The van der Waals surface area contributed by atoms with Crippen LogP contribution < -0.4 is 0 Å². The van der Waals surface area contributed by atoms with Crippen LogP contribution in [0.25, 0.3) is 0 Å². The highest BCUT2D eigenvalue weighted by atomic mass is 35.5. The van der Waals surface area contributed by atoms with E-state index in [0.717, 1.165) is 18.5 Å². The van der Waals surface area contributed by atoms with Crippen LogP contribution in [0.3, 0.4) is 0 Å². The quantitative estimate of drug-likeness (QED) is 0.502. The number of nitrogens with zero attached hydrogens (tertiary/aromatic N) is 1. The zero-order valence-electron chi connectivity index (χ0n) is 8.67. The SMILES string of the molecule is CC1CCN(C/C=C/CCl)C(C)C1. The molecule has 1 aliphatic rings. The number of likely N-dealkylation sites (tertiary alicyclic amines) is 1. The predicted molar refractivity (Wildman–Crippen MR) is 59.3 cm³/mol. The van der Waals surface area contributed by atoms with Gasteiger partial charge in [-0.1, -0.05) is 19.1 Å². The van der Waals surface area contributed by atoms with Gasteiger partial charge >= 0.3 is 0 Å². The minimum absolute atomic E-state index is 0.638. The fourth-order valence-corrected chi connectivity index (χ4v) is 2.13. The van der Waals surface area contributed by atoms with Gasteiger partial charge in [-0.2, -0.15) is 0 Å². The van der Waals surface area contributed by atoms with Gasteiger partial charge in [-0.25, -0.2) is 0 Å². The summed E-state index contributed by atoms with van der Waals surface area (Å²) in [5.41, 5.74) is 0. The van der Waals surface area contributed by atoms with Crippen LogP contribution in [0, 0.1) is 5.92 Å². The molecule has 2 unspecified atom stereocenters. The van der Waals surface area contributed by atoms with Crippen LogP contribution in [0.5, 0.6) is 0 Å². The van der Waals surface area contributed by atoms with Crippen LogP contribution in [0.15, 0.2) is 12.2 Å². The Hall–Kier alpha value is -0.0100. The molecule has 0 aromatic carbocycles. The van der Waals surface area contributed by atoms with E-state index < -0.39 is 0 Å². The molecule has 1 nitrogen and oxygen atoms in total. The van der Waals surface area contributed by atoms with Crippen molar-refractivity contribution in [3.05, 3.63) is 12.2 Å². The van der Waals surface area contributed by atoms with Gasteiger partial charge in [0, 0.05) is 18.5 Å². The predicted octanol–water partition coefficient (Wildman–Crippen LogP) is 2.90. The molecule has 0 aromatic heterocycles. The summed E-state index contributed by atoms with van der Waals surface area (Å²) in [6.07, 6.45) is 6.90. The number of halogens is 1. The highest BCUT2D eigenvalue weighted by Gasteiger charge is 2.21. The molecular weight excluding hydrogens is 182 g/mol. The van der Waals surface area contributed by atoms with E-state index >= 15 is 0 Å². The van der Waals surface area contributed by atoms with Crippen molar-refractivity contribution in [2.24, 2.45) is 5.92 Å². The number of alkyl halides is 1. The molecule has 1 fully saturated rings. The average Bonchev–Trinajstić information content (AvgIpc) is 2.09. The molecule has 0 radical (unpaired) electrons. The van der Waals surface area contributed by atoms with E-state index in [4.69, 9.17) is 11.6 Å². The standard InChI is InChI=1S/C11H20ClN/c1-10-5-8-13(11(2)9-10)7-4-3-6-12/h3-4,10-11H,5-9H2,1-2H3/b4-3+. The van der Waals surface area contributed by atoms with E-state index in [1.807, 2.05) is 6.08 Å². The van der Waals surface area contributed by atoms with Crippen molar-refractivity contribution in [2.75, 3.05) is 19.0 Å². The lowest BCUT2D eigenvalue weighted by Gasteiger charge is -2.35. The van der Waals surface area contributed by atoms with Gasteiger partial charge in [0.25, 0.3) is 0 Å². The molecule has 0 bridgehead atoms. The maximum Gasteiger partial charge on any atom is 0.0404 e. The van der Waals surface area contributed by atoms with E-state index in [0.29, 0.717) is 5.88 Å². The van der Waals surface area contributed by atoms with E-state index in [1.165, 1.54) is 19.4 Å². The van der Waals surface area contributed by atoms with Crippen molar-refractivity contribution >= 4 is 11.6 Å². The van der Waals surface area contributed by atoms with Crippen molar-refractivity contribution < 1.29 is 0 Å². The fourth-order valence-electron chi connectivity index (χ4n) is 2.00. The molecule has 1 aliphatic heterocycles. The maximum atomic E-state index is 5.57. The lowest BCUT2D eigenvalue weighted by Crippen LogP contribution is -2.40. The summed E-state index contributed by atoms with van der Waals surface area (Å²) in [6.45, 7) is 6.99. The second kappa shape index (κ2) is 5.66. The summed E-state index contributed by atoms with van der Waals surface area (Å²) < 4.78 is 0. The first-order chi connectivity index (χ1) is 6.24. The van der Waals surface area contributed by atoms with Gasteiger partial charge in [-0.05, 0) is 32.2 Å². The van der Waals surface area contributed by atoms with Crippen LogP contribution in [-0.2, 0) is 0 Å². The van der Waals surface area contributed by atoms with Gasteiger partial charge in [0.15, 0.2) is 0 Å². The Morgan fingerprint density at radius 3 is 2.77 bits per heavy atom. The Morgan fingerprint density at radius 1 is 1.38 bits per heavy atom. The summed E-state index contributed by atoms with van der Waals surface area (Å²) in [6, 6.07) is 0.740. The van der Waals surface area contributed by atoms with Gasteiger partial charge < -0.3 is 0 Å². The van der Waals surface area contributed by atoms with Crippen molar-refractivity contribution in [2.45, 2.75) is 32.7 Å². The highest BCUT2D eigenvalue weighted by molar-refractivity contribution is 6.18. The van der Waals surface area contributed by atoms with E-state index in [9.17, 15) is 0 Å². The smallest absolute Gasteiger partial charge is 0.0404 e. The lowest BCUT2D eigenvalue weighted by atomic mass is 9.93. The number of allylic oxidation sites excluding steroid dienone is 1. The van der Waals surface area contributed by atoms with Gasteiger partial charge in [0.05, 0.1) is 0 Å². The molecule has 0 aromatic rings. The van der Waals surface area contributed by atoms with Gasteiger partial charge in [-0.3, -0.25) is 4.90 Å². The second-order valence-corrected chi connectivity index (χ2v) is 4.41. The topological polar surface area (TPSA) is 3.24 Å². The molecule has 0 saturated carbocycles. The van der Waals surface area contributed by atoms with Crippen LogP contribution in [0.4, 0.5) is 0 Å². The first kappa shape index (κ1) is 11.1. The highest BCUT2D eigenvalue weighted by Crippen LogP contribution is 2.21. The molecule has 1 rings (SSSR count). The van der Waals surface area contributed by atoms with E-state index in [1.54, 1.807) is 0 Å². The van der Waals surface area contributed by atoms with E-state index in [2.05, 4.69) is 24.8 Å². The lowest BCUT2D eigenvalue weighted by molar-refractivity contribution is 0.144. The monoisotopic (exact) mass is 201 g/mol. The van der Waals surface area contributed by atoms with Crippen LogP contribution in [0.2, 0.25) is 0 Å². The first-order valence-electron chi connectivity index (χ1n) is 5.19. The molecule has 0 N–H and O–H groups in total. The normalized spacial score (nSPS) is 31.3. The number of rotatable bonds is 3. The van der Waals surface area contributed by atoms with Crippen molar-refractivity contribution in [1.82, 2.24) is 4.90 Å². The first-order valence-corrected chi connectivity index (χ1v) is 5.72. The molecule has 0 amide bonds. The molecule has 2 heteroatoms. The number of piperidine rings is 1. The summed E-state index contributed by atoms with van der Waals surface area (Å²) in [5, 5.41) is 0. The Morgan fingerprint density at radius 2 is 2.15 bits per heavy atom. The molecule has 1 heterocycles. The van der Waals surface area contributed by atoms with Crippen LogP contribution in [-0.4, -0.2) is 29.9 Å². The molecule has 2 atom stereocenters. The second-order valence-electron chi connectivity index (χ2n) is 4.10. The van der Waals surface area contributed by atoms with Gasteiger partial charge in [0.2, 0.25) is 0 Å². The van der Waals surface area contributed by atoms with Gasteiger partial charge in [-0.15, -0.1) is 11.6 Å². The Balaban J connectivity index is 2.29. The Kier molecular flexibility index (Phi) is 4.82. The molecule has 1 saturated heterocycles. The van der Waals surface area contributed by atoms with Crippen LogP contribution in [0.1, 0.15) is 26.7 Å². The number of hydrogen-bond donors (Lipinski definition) is 0. The summed E-state index contributed by atoms with van der Waals surface area (Å²) >= 11 is 5.57. The van der Waals surface area contributed by atoms with Crippen LogP contribution >= 0.6 is 11.6 Å². The zero-order chi connectivity index (χ0) is 9.68. The minimum atomic E-state index is 0.638. The summed E-state index contributed by atoms with van der Waals surface area (Å²) in [4.78, 5) is 2.53. The molecule has 0 spiro atoms. The third-order valence-corrected chi connectivity index (χ3v) is 3.05. The maximum absolute atomic E-state index is 5.57. The average molecular weight is 202 g/mol. The van der Waals surface area contributed by atoms with Crippen molar-refractivity contribution in [3.8, 4) is 0 Å². The fraction of sp³-hybridized carbons (Fsp3) is 0.818. The molecule has 0 aliphatic carbocycles. The Bertz CT molecular complexity index is 167. The van der Waals surface area contributed by atoms with E-state index in [-0.39, 0.29) is 0 Å². The molecular formula is C11H20ClN. The third kappa shape index (κ3) is 3.70. The van der Waals surface area contributed by atoms with Crippen molar-refractivity contribution in [1.29, 1.82) is 0 Å².